The molecule has 9 nitrogen and oxygen atoms in total. The molecule has 0 unspecified atom stereocenters. The van der Waals surface area contributed by atoms with Crippen LogP contribution in [0, 0.1) is 6.92 Å². The van der Waals surface area contributed by atoms with E-state index < -0.39 is 15.9 Å². The molecule has 2 N–H and O–H groups in total. The maximum absolute atomic E-state index is 12.7. The first-order chi connectivity index (χ1) is 10.8. The highest BCUT2D eigenvalue weighted by atomic mass is 32.2. The summed E-state index contributed by atoms with van der Waals surface area (Å²) in [5.74, 6) is -0.246. The van der Waals surface area contributed by atoms with Crippen LogP contribution in [0.1, 0.15) is 27.7 Å². The molecule has 0 bridgehead atoms. The second-order valence-corrected chi connectivity index (χ2v) is 7.24. The predicted octanol–water partition coefficient (Wildman–Crippen LogP) is -0.636. The molecule has 3 rings (SSSR count). The van der Waals surface area contributed by atoms with Crippen molar-refractivity contribution < 1.29 is 13.2 Å². The predicted molar refractivity (Wildman–Crippen MR) is 79.8 cm³/mol. The highest BCUT2D eigenvalue weighted by Crippen LogP contribution is 2.23. The third kappa shape index (κ3) is 2.70. The van der Waals surface area contributed by atoms with Gasteiger partial charge in [-0.15, -0.1) is 0 Å². The number of aryl methyl sites for hydroxylation is 2. The van der Waals surface area contributed by atoms with Crippen LogP contribution >= 0.6 is 0 Å². The highest BCUT2D eigenvalue weighted by molar-refractivity contribution is 7.89. The summed E-state index contributed by atoms with van der Waals surface area (Å²) < 4.78 is 28.3. The van der Waals surface area contributed by atoms with Crippen LogP contribution in [-0.4, -0.2) is 44.7 Å². The lowest BCUT2D eigenvalue weighted by Crippen LogP contribution is -2.37. The molecule has 0 spiro atoms. The number of nitrogens with zero attached hydrogens (tertiary/aromatic N) is 5. The quantitative estimate of drug-likeness (QED) is 0.795. The topological polar surface area (TPSA) is 124 Å². The Morgan fingerprint density at radius 3 is 2.70 bits per heavy atom. The fourth-order valence-corrected chi connectivity index (χ4v) is 3.81. The number of carbonyl (C=O) groups excluding carboxylic acids is 1. The lowest BCUT2D eigenvalue weighted by molar-refractivity contribution is 0.0990. The van der Waals surface area contributed by atoms with Crippen molar-refractivity contribution in [1.29, 1.82) is 0 Å². The van der Waals surface area contributed by atoms with Gasteiger partial charge < -0.3 is 10.3 Å². The SMILES string of the molecule is Cc1nc(S(=O)(=O)N2CCc3cnc(C(N)=O)nc3C2)cn1C. The van der Waals surface area contributed by atoms with Crippen LogP contribution in [0.5, 0.6) is 0 Å². The van der Waals surface area contributed by atoms with Crippen LogP contribution in [0.4, 0.5) is 0 Å². The van der Waals surface area contributed by atoms with E-state index in [0.717, 1.165) is 5.56 Å². The number of sulfonamides is 1. The summed E-state index contributed by atoms with van der Waals surface area (Å²) in [7, 11) is -1.98. The van der Waals surface area contributed by atoms with Crippen LogP contribution in [0.15, 0.2) is 17.4 Å². The lowest BCUT2D eigenvalue weighted by Gasteiger charge is -2.26. The van der Waals surface area contributed by atoms with Gasteiger partial charge in [0.1, 0.15) is 5.82 Å². The van der Waals surface area contributed by atoms with Gasteiger partial charge in [-0.25, -0.2) is 23.4 Å². The zero-order chi connectivity index (χ0) is 16.8. The van der Waals surface area contributed by atoms with Gasteiger partial charge in [-0.05, 0) is 18.9 Å². The number of rotatable bonds is 3. The van der Waals surface area contributed by atoms with E-state index in [1.54, 1.807) is 18.5 Å². The van der Waals surface area contributed by atoms with Gasteiger partial charge in [-0.2, -0.15) is 4.31 Å². The average Bonchev–Trinajstić information content (AvgIpc) is 2.86. The van der Waals surface area contributed by atoms with Crippen molar-refractivity contribution in [2.45, 2.75) is 24.9 Å². The van der Waals surface area contributed by atoms with Gasteiger partial charge >= 0.3 is 0 Å². The van der Waals surface area contributed by atoms with Crippen molar-refractivity contribution in [2.24, 2.45) is 12.8 Å². The van der Waals surface area contributed by atoms with E-state index in [1.807, 2.05) is 0 Å². The second kappa shape index (κ2) is 5.39. The Morgan fingerprint density at radius 1 is 1.35 bits per heavy atom. The minimum Gasteiger partial charge on any atom is -0.363 e. The molecule has 0 fully saturated rings. The van der Waals surface area contributed by atoms with E-state index in [4.69, 9.17) is 5.73 Å². The fourth-order valence-electron chi connectivity index (χ4n) is 2.39. The molecule has 0 atom stereocenters. The van der Waals surface area contributed by atoms with Crippen molar-refractivity contribution in [3.05, 3.63) is 35.3 Å². The van der Waals surface area contributed by atoms with Gasteiger partial charge in [-0.3, -0.25) is 4.79 Å². The van der Waals surface area contributed by atoms with Crippen molar-refractivity contribution in [1.82, 2.24) is 23.8 Å². The summed E-state index contributed by atoms with van der Waals surface area (Å²) in [6, 6.07) is 0. The summed E-state index contributed by atoms with van der Waals surface area (Å²) in [5, 5.41) is 0.00475. The van der Waals surface area contributed by atoms with E-state index in [-0.39, 0.29) is 17.4 Å². The summed E-state index contributed by atoms with van der Waals surface area (Å²) >= 11 is 0. The zero-order valence-corrected chi connectivity index (χ0v) is 13.5. The second-order valence-electron chi connectivity index (χ2n) is 5.36. The van der Waals surface area contributed by atoms with E-state index in [0.29, 0.717) is 24.5 Å². The Labute approximate surface area is 133 Å². The molecule has 122 valence electrons. The first kappa shape index (κ1) is 15.6. The molecule has 0 saturated carbocycles. The Bertz CT molecular complexity index is 870. The fraction of sp³-hybridized carbons (Fsp3) is 0.385. The summed E-state index contributed by atoms with van der Waals surface area (Å²) in [6.07, 6.45) is 3.48. The van der Waals surface area contributed by atoms with Crippen LogP contribution in [0.2, 0.25) is 0 Å². The number of hydrogen-bond donors (Lipinski definition) is 1. The molecule has 2 aromatic rings. The monoisotopic (exact) mass is 336 g/mol. The largest absolute Gasteiger partial charge is 0.363 e. The molecule has 0 radical (unpaired) electrons. The van der Waals surface area contributed by atoms with Crippen LogP contribution in [0.3, 0.4) is 0 Å². The van der Waals surface area contributed by atoms with Crippen LogP contribution < -0.4 is 5.73 Å². The van der Waals surface area contributed by atoms with E-state index in [9.17, 15) is 13.2 Å². The summed E-state index contributed by atoms with van der Waals surface area (Å²) in [4.78, 5) is 23.2. The maximum Gasteiger partial charge on any atom is 0.286 e. The van der Waals surface area contributed by atoms with Crippen LogP contribution in [0.25, 0.3) is 0 Å². The molecule has 2 aromatic heterocycles. The number of aromatic nitrogens is 4. The molecule has 1 aliphatic heterocycles. The molecule has 0 aliphatic carbocycles. The molecule has 1 amide bonds. The van der Waals surface area contributed by atoms with E-state index in [2.05, 4.69) is 15.0 Å². The summed E-state index contributed by atoms with van der Waals surface area (Å²) in [5.41, 5.74) is 6.48. The average molecular weight is 336 g/mol. The Morgan fingerprint density at radius 2 is 2.09 bits per heavy atom. The van der Waals surface area contributed by atoms with Crippen molar-refractivity contribution in [2.75, 3.05) is 6.54 Å². The minimum atomic E-state index is -3.71. The molecule has 23 heavy (non-hydrogen) atoms. The molecular weight excluding hydrogens is 320 g/mol. The van der Waals surface area contributed by atoms with Gasteiger partial charge in [0.25, 0.3) is 15.9 Å². The number of fused-ring (bicyclic) bond motifs is 1. The maximum atomic E-state index is 12.7. The summed E-state index contributed by atoms with van der Waals surface area (Å²) in [6.45, 7) is 2.11. The highest BCUT2D eigenvalue weighted by Gasteiger charge is 2.31. The van der Waals surface area contributed by atoms with Gasteiger partial charge in [0, 0.05) is 26.0 Å². The van der Waals surface area contributed by atoms with E-state index >= 15 is 0 Å². The number of amides is 1. The van der Waals surface area contributed by atoms with E-state index in [1.165, 1.54) is 16.7 Å². The Balaban J connectivity index is 1.94. The Hall–Kier alpha value is -2.33. The minimum absolute atomic E-state index is 0.00475. The molecule has 0 saturated heterocycles. The smallest absolute Gasteiger partial charge is 0.286 e. The molecule has 0 aromatic carbocycles. The van der Waals surface area contributed by atoms with Gasteiger partial charge in [0.2, 0.25) is 5.82 Å². The van der Waals surface area contributed by atoms with Gasteiger partial charge in [0.15, 0.2) is 5.03 Å². The number of primary amides is 1. The first-order valence-electron chi connectivity index (χ1n) is 6.93. The van der Waals surface area contributed by atoms with Crippen molar-refractivity contribution in [3.8, 4) is 0 Å². The lowest BCUT2D eigenvalue weighted by atomic mass is 10.1. The van der Waals surface area contributed by atoms with Gasteiger partial charge in [0.05, 0.1) is 12.2 Å². The first-order valence-corrected chi connectivity index (χ1v) is 8.38. The number of carbonyl (C=O) groups is 1. The third-order valence-corrected chi connectivity index (χ3v) is 5.54. The molecular formula is C13H16N6O3S. The molecule has 1 aliphatic rings. The zero-order valence-electron chi connectivity index (χ0n) is 12.7. The normalized spacial score (nSPS) is 15.4. The van der Waals surface area contributed by atoms with Crippen molar-refractivity contribution in [3.63, 3.8) is 0 Å². The Kier molecular flexibility index (Phi) is 3.65. The van der Waals surface area contributed by atoms with Crippen molar-refractivity contribution >= 4 is 15.9 Å². The molecule has 3 heterocycles. The standard InChI is InChI=1S/C13H16N6O3S/c1-8-16-11(7-18(8)2)23(21,22)19-4-3-9-5-15-13(12(14)20)17-10(9)6-19/h5,7H,3-4,6H2,1-2H3,(H2,14,20). The third-order valence-electron chi connectivity index (χ3n) is 3.82. The number of nitrogens with two attached hydrogens (primary N) is 1. The van der Waals surface area contributed by atoms with Crippen LogP contribution in [-0.2, 0) is 30.0 Å². The van der Waals surface area contributed by atoms with Gasteiger partial charge in [-0.1, -0.05) is 0 Å². The number of hydrogen-bond acceptors (Lipinski definition) is 6. The number of imidazole rings is 1. The molecule has 10 heteroatoms.